The molecular weight excluding hydrogens is 270 g/mol. The van der Waals surface area contributed by atoms with Crippen LogP contribution in [0.3, 0.4) is 0 Å². The molecule has 122 valence electrons. The van der Waals surface area contributed by atoms with Crippen LogP contribution in [0.5, 0.6) is 0 Å². The SMILES string of the molecule is CCCN(CCC)CC[C@@](C#N)(CC(C)C)c1ccccn1. The Bertz CT molecular complexity index is 443. The van der Waals surface area contributed by atoms with Gasteiger partial charge in [-0.3, -0.25) is 4.98 Å². The van der Waals surface area contributed by atoms with E-state index in [2.05, 4.69) is 43.6 Å². The molecule has 1 heterocycles. The lowest BCUT2D eigenvalue weighted by molar-refractivity contribution is 0.241. The monoisotopic (exact) mass is 301 g/mol. The maximum Gasteiger partial charge on any atom is 0.101 e. The second-order valence-corrected chi connectivity index (χ2v) is 6.60. The molecule has 0 aromatic carbocycles. The van der Waals surface area contributed by atoms with Crippen molar-refractivity contribution < 1.29 is 0 Å². The van der Waals surface area contributed by atoms with Crippen LogP contribution in [0.1, 0.15) is 59.1 Å². The zero-order valence-electron chi connectivity index (χ0n) is 14.7. The van der Waals surface area contributed by atoms with E-state index in [1.165, 1.54) is 0 Å². The molecule has 0 aliphatic heterocycles. The molecule has 0 aliphatic rings. The minimum Gasteiger partial charge on any atom is -0.303 e. The predicted octanol–water partition coefficient (Wildman–Crippen LogP) is 4.40. The Kier molecular flexibility index (Phi) is 8.12. The van der Waals surface area contributed by atoms with Gasteiger partial charge < -0.3 is 4.90 Å². The first-order valence-corrected chi connectivity index (χ1v) is 8.63. The van der Waals surface area contributed by atoms with Crippen LogP contribution < -0.4 is 0 Å². The average Bonchev–Trinajstić information content (AvgIpc) is 2.52. The largest absolute Gasteiger partial charge is 0.303 e. The van der Waals surface area contributed by atoms with Crippen molar-refractivity contribution in [2.75, 3.05) is 19.6 Å². The lowest BCUT2D eigenvalue weighted by Gasteiger charge is -2.31. The molecule has 0 saturated carbocycles. The van der Waals surface area contributed by atoms with Gasteiger partial charge in [0.05, 0.1) is 11.8 Å². The first-order chi connectivity index (χ1) is 10.6. The van der Waals surface area contributed by atoms with Gasteiger partial charge in [-0.25, -0.2) is 0 Å². The van der Waals surface area contributed by atoms with E-state index >= 15 is 0 Å². The predicted molar refractivity (Wildman–Crippen MR) is 92.6 cm³/mol. The van der Waals surface area contributed by atoms with Crippen molar-refractivity contribution in [3.05, 3.63) is 30.1 Å². The van der Waals surface area contributed by atoms with Gasteiger partial charge in [0, 0.05) is 12.7 Å². The van der Waals surface area contributed by atoms with E-state index in [4.69, 9.17) is 0 Å². The van der Waals surface area contributed by atoms with Gasteiger partial charge in [0.15, 0.2) is 0 Å². The zero-order chi connectivity index (χ0) is 16.4. The maximum atomic E-state index is 9.94. The number of aromatic nitrogens is 1. The zero-order valence-corrected chi connectivity index (χ0v) is 14.7. The van der Waals surface area contributed by atoms with Gasteiger partial charge in [0.1, 0.15) is 5.41 Å². The third-order valence-corrected chi connectivity index (χ3v) is 4.06. The van der Waals surface area contributed by atoms with E-state index in [1.54, 1.807) is 6.20 Å². The first kappa shape index (κ1) is 18.6. The van der Waals surface area contributed by atoms with Gasteiger partial charge in [-0.1, -0.05) is 33.8 Å². The summed E-state index contributed by atoms with van der Waals surface area (Å²) in [5, 5.41) is 9.94. The van der Waals surface area contributed by atoms with E-state index in [0.717, 1.165) is 51.0 Å². The summed E-state index contributed by atoms with van der Waals surface area (Å²) >= 11 is 0. The minimum absolute atomic E-state index is 0.463. The van der Waals surface area contributed by atoms with Gasteiger partial charge in [0.25, 0.3) is 0 Å². The number of rotatable bonds is 10. The van der Waals surface area contributed by atoms with Crippen molar-refractivity contribution in [2.24, 2.45) is 5.92 Å². The van der Waals surface area contributed by atoms with Crippen LogP contribution in [0.25, 0.3) is 0 Å². The number of nitrogens with zero attached hydrogens (tertiary/aromatic N) is 3. The van der Waals surface area contributed by atoms with Gasteiger partial charge in [-0.05, 0) is 56.8 Å². The summed E-state index contributed by atoms with van der Waals surface area (Å²) < 4.78 is 0. The Labute approximate surface area is 136 Å². The Hall–Kier alpha value is -1.40. The molecule has 1 rings (SSSR count). The number of hydrogen-bond donors (Lipinski definition) is 0. The summed E-state index contributed by atoms with van der Waals surface area (Å²) in [4.78, 5) is 6.99. The second-order valence-electron chi connectivity index (χ2n) is 6.60. The van der Waals surface area contributed by atoms with Crippen molar-refractivity contribution >= 4 is 0 Å². The minimum atomic E-state index is -0.463. The van der Waals surface area contributed by atoms with E-state index in [1.807, 2.05) is 18.2 Å². The van der Waals surface area contributed by atoms with Crippen LogP contribution >= 0.6 is 0 Å². The molecule has 0 saturated heterocycles. The van der Waals surface area contributed by atoms with Gasteiger partial charge in [0.2, 0.25) is 0 Å². The summed E-state index contributed by atoms with van der Waals surface area (Å²) in [6.45, 7) is 12.0. The summed E-state index contributed by atoms with van der Waals surface area (Å²) in [6, 6.07) is 8.53. The lowest BCUT2D eigenvalue weighted by atomic mass is 9.75. The number of hydrogen-bond acceptors (Lipinski definition) is 3. The van der Waals surface area contributed by atoms with Crippen molar-refractivity contribution in [3.8, 4) is 6.07 Å². The molecule has 3 nitrogen and oxygen atoms in total. The van der Waals surface area contributed by atoms with Crippen LogP contribution in [-0.2, 0) is 5.41 Å². The first-order valence-electron chi connectivity index (χ1n) is 8.63. The highest BCUT2D eigenvalue weighted by Crippen LogP contribution is 2.33. The van der Waals surface area contributed by atoms with Crippen molar-refractivity contribution in [2.45, 2.75) is 58.8 Å². The summed E-state index contributed by atoms with van der Waals surface area (Å²) in [7, 11) is 0. The Balaban J connectivity index is 2.93. The maximum absolute atomic E-state index is 9.94. The quantitative estimate of drug-likeness (QED) is 0.643. The smallest absolute Gasteiger partial charge is 0.101 e. The van der Waals surface area contributed by atoms with E-state index in [0.29, 0.717) is 5.92 Å². The Morgan fingerprint density at radius 2 is 1.86 bits per heavy atom. The molecule has 0 spiro atoms. The Morgan fingerprint density at radius 3 is 2.32 bits per heavy atom. The molecule has 22 heavy (non-hydrogen) atoms. The molecule has 0 amide bonds. The molecule has 1 aromatic heterocycles. The van der Waals surface area contributed by atoms with Crippen LogP contribution in [0, 0.1) is 17.2 Å². The fourth-order valence-corrected chi connectivity index (χ4v) is 3.15. The highest BCUT2D eigenvalue weighted by atomic mass is 15.1. The third-order valence-electron chi connectivity index (χ3n) is 4.06. The van der Waals surface area contributed by atoms with Gasteiger partial charge in [-0.2, -0.15) is 5.26 Å². The van der Waals surface area contributed by atoms with E-state index in [-0.39, 0.29) is 0 Å². The fourth-order valence-electron chi connectivity index (χ4n) is 3.15. The highest BCUT2D eigenvalue weighted by Gasteiger charge is 2.34. The van der Waals surface area contributed by atoms with Crippen molar-refractivity contribution in [1.82, 2.24) is 9.88 Å². The Morgan fingerprint density at radius 1 is 1.18 bits per heavy atom. The number of pyridine rings is 1. The van der Waals surface area contributed by atoms with Crippen LogP contribution in [0.2, 0.25) is 0 Å². The highest BCUT2D eigenvalue weighted by molar-refractivity contribution is 5.26. The van der Waals surface area contributed by atoms with Crippen LogP contribution in [0.4, 0.5) is 0 Å². The lowest BCUT2D eigenvalue weighted by Crippen LogP contribution is -2.35. The van der Waals surface area contributed by atoms with Crippen LogP contribution in [0.15, 0.2) is 24.4 Å². The van der Waals surface area contributed by atoms with E-state index < -0.39 is 5.41 Å². The summed E-state index contributed by atoms with van der Waals surface area (Å²) in [5.41, 5.74) is 0.467. The third kappa shape index (κ3) is 5.42. The summed E-state index contributed by atoms with van der Waals surface area (Å²) in [6.07, 6.45) is 5.85. The second kappa shape index (κ2) is 9.58. The molecule has 0 unspecified atom stereocenters. The topological polar surface area (TPSA) is 39.9 Å². The van der Waals surface area contributed by atoms with Crippen molar-refractivity contribution in [3.63, 3.8) is 0 Å². The van der Waals surface area contributed by atoms with E-state index in [9.17, 15) is 5.26 Å². The molecule has 0 aliphatic carbocycles. The van der Waals surface area contributed by atoms with Gasteiger partial charge >= 0.3 is 0 Å². The van der Waals surface area contributed by atoms with Crippen LogP contribution in [-0.4, -0.2) is 29.5 Å². The fraction of sp³-hybridized carbons (Fsp3) is 0.684. The molecule has 0 N–H and O–H groups in total. The molecule has 1 aromatic rings. The van der Waals surface area contributed by atoms with Gasteiger partial charge in [-0.15, -0.1) is 0 Å². The molecule has 0 bridgehead atoms. The average molecular weight is 301 g/mol. The molecule has 0 fully saturated rings. The normalized spacial score (nSPS) is 14.0. The summed E-state index contributed by atoms with van der Waals surface area (Å²) in [5.74, 6) is 0.479. The molecule has 3 heteroatoms. The molecular formula is C19H31N3. The number of nitriles is 1. The standard InChI is InChI=1S/C19H31N3/c1-5-12-22(13-6-2)14-10-19(16-20,15-17(3)4)18-9-7-8-11-21-18/h7-9,11,17H,5-6,10,12-15H2,1-4H3/t19-/m0/s1. The molecule has 1 atom stereocenters. The van der Waals surface area contributed by atoms with Crippen molar-refractivity contribution in [1.29, 1.82) is 5.26 Å². The molecule has 0 radical (unpaired) electrons.